The van der Waals surface area contributed by atoms with Crippen LogP contribution in [0.4, 0.5) is 16.2 Å². The maximum atomic E-state index is 11.9. The van der Waals surface area contributed by atoms with Crippen LogP contribution in [0, 0.1) is 13.8 Å². The molecule has 0 saturated carbocycles. The molecule has 0 saturated heterocycles. The summed E-state index contributed by atoms with van der Waals surface area (Å²) < 4.78 is 5.11. The third kappa shape index (κ3) is 3.51. The zero-order chi connectivity index (χ0) is 14.5. The van der Waals surface area contributed by atoms with Crippen LogP contribution in [-0.4, -0.2) is 13.1 Å². The predicted molar refractivity (Wildman–Crippen MR) is 81.6 cm³/mol. The molecule has 2 aromatic carbocycles. The van der Waals surface area contributed by atoms with Crippen molar-refractivity contribution in [3.8, 4) is 5.75 Å². The Morgan fingerprint density at radius 1 is 0.950 bits per heavy atom. The van der Waals surface area contributed by atoms with Crippen molar-refractivity contribution in [1.82, 2.24) is 0 Å². The number of amides is 2. The SMILES string of the molecule is COc1cccc(NC(=O)Nc2ccc(C)c(C)c2)c1. The Morgan fingerprint density at radius 2 is 1.65 bits per heavy atom. The molecular weight excluding hydrogens is 252 g/mol. The van der Waals surface area contributed by atoms with Crippen molar-refractivity contribution in [2.24, 2.45) is 0 Å². The second-order valence-corrected chi connectivity index (χ2v) is 4.61. The molecule has 0 radical (unpaired) electrons. The van der Waals surface area contributed by atoms with Crippen molar-refractivity contribution in [3.63, 3.8) is 0 Å². The van der Waals surface area contributed by atoms with Gasteiger partial charge in [0.25, 0.3) is 0 Å². The van der Waals surface area contributed by atoms with Crippen molar-refractivity contribution in [1.29, 1.82) is 0 Å². The third-order valence-electron chi connectivity index (χ3n) is 3.09. The molecule has 0 fully saturated rings. The van der Waals surface area contributed by atoms with Crippen LogP contribution in [0.3, 0.4) is 0 Å². The number of methoxy groups -OCH3 is 1. The number of anilines is 2. The lowest BCUT2D eigenvalue weighted by molar-refractivity contribution is 0.262. The number of nitrogens with one attached hydrogen (secondary N) is 2. The smallest absolute Gasteiger partial charge is 0.323 e. The van der Waals surface area contributed by atoms with Crippen LogP contribution in [-0.2, 0) is 0 Å². The van der Waals surface area contributed by atoms with E-state index in [0.717, 1.165) is 11.3 Å². The van der Waals surface area contributed by atoms with Gasteiger partial charge in [-0.05, 0) is 49.2 Å². The van der Waals surface area contributed by atoms with E-state index < -0.39 is 0 Å². The van der Waals surface area contributed by atoms with Crippen molar-refractivity contribution in [2.45, 2.75) is 13.8 Å². The van der Waals surface area contributed by atoms with E-state index in [1.54, 1.807) is 13.2 Å². The Hall–Kier alpha value is -2.49. The molecule has 2 aromatic rings. The summed E-state index contributed by atoms with van der Waals surface area (Å²) in [6.45, 7) is 4.05. The Morgan fingerprint density at radius 3 is 2.30 bits per heavy atom. The third-order valence-corrected chi connectivity index (χ3v) is 3.09. The number of aryl methyl sites for hydroxylation is 2. The lowest BCUT2D eigenvalue weighted by atomic mass is 10.1. The molecule has 0 aromatic heterocycles. The number of rotatable bonds is 3. The normalized spacial score (nSPS) is 9.95. The summed E-state index contributed by atoms with van der Waals surface area (Å²) in [7, 11) is 1.59. The molecule has 0 aliphatic heterocycles. The molecule has 4 heteroatoms. The van der Waals surface area contributed by atoms with Crippen LogP contribution in [0.25, 0.3) is 0 Å². The van der Waals surface area contributed by atoms with E-state index in [4.69, 9.17) is 4.74 Å². The monoisotopic (exact) mass is 270 g/mol. The van der Waals surface area contributed by atoms with Gasteiger partial charge in [-0.1, -0.05) is 12.1 Å². The summed E-state index contributed by atoms with van der Waals surface area (Å²) in [4.78, 5) is 11.9. The summed E-state index contributed by atoms with van der Waals surface area (Å²) in [5.74, 6) is 0.703. The first-order valence-corrected chi connectivity index (χ1v) is 6.38. The zero-order valence-electron chi connectivity index (χ0n) is 11.9. The van der Waals surface area contributed by atoms with E-state index in [1.165, 1.54) is 5.56 Å². The van der Waals surface area contributed by atoms with Crippen LogP contribution in [0.1, 0.15) is 11.1 Å². The second kappa shape index (κ2) is 6.10. The average molecular weight is 270 g/mol. The summed E-state index contributed by atoms with van der Waals surface area (Å²) >= 11 is 0. The van der Waals surface area contributed by atoms with E-state index >= 15 is 0 Å². The van der Waals surface area contributed by atoms with Crippen LogP contribution in [0.5, 0.6) is 5.75 Å². The van der Waals surface area contributed by atoms with E-state index in [0.29, 0.717) is 11.4 Å². The molecule has 0 atom stereocenters. The molecular formula is C16H18N2O2. The average Bonchev–Trinajstić information content (AvgIpc) is 2.43. The molecule has 0 aliphatic rings. The van der Waals surface area contributed by atoms with E-state index in [1.807, 2.05) is 50.2 Å². The molecule has 0 heterocycles. The molecule has 4 nitrogen and oxygen atoms in total. The van der Waals surface area contributed by atoms with E-state index in [2.05, 4.69) is 10.6 Å². The minimum Gasteiger partial charge on any atom is -0.497 e. The molecule has 2 amide bonds. The summed E-state index contributed by atoms with van der Waals surface area (Å²) in [5.41, 5.74) is 3.80. The van der Waals surface area contributed by atoms with Crippen LogP contribution in [0.15, 0.2) is 42.5 Å². The topological polar surface area (TPSA) is 50.4 Å². The van der Waals surface area contributed by atoms with Gasteiger partial charge in [0, 0.05) is 17.4 Å². The highest BCUT2D eigenvalue weighted by molar-refractivity contribution is 5.99. The number of urea groups is 1. The zero-order valence-corrected chi connectivity index (χ0v) is 11.9. The van der Waals surface area contributed by atoms with Gasteiger partial charge in [0.05, 0.1) is 7.11 Å². The standard InChI is InChI=1S/C16H18N2O2/c1-11-7-8-14(9-12(11)2)18-16(19)17-13-5-4-6-15(10-13)20-3/h4-10H,1-3H3,(H2,17,18,19). The second-order valence-electron chi connectivity index (χ2n) is 4.61. The van der Waals surface area contributed by atoms with Crippen molar-refractivity contribution < 1.29 is 9.53 Å². The number of carbonyl (C=O) groups excluding carboxylic acids is 1. The van der Waals surface area contributed by atoms with Gasteiger partial charge < -0.3 is 15.4 Å². The minimum absolute atomic E-state index is 0.276. The Kier molecular flexibility index (Phi) is 4.25. The number of hydrogen-bond acceptors (Lipinski definition) is 2. The van der Waals surface area contributed by atoms with Gasteiger partial charge in [0.1, 0.15) is 5.75 Å². The van der Waals surface area contributed by atoms with Crippen LogP contribution >= 0.6 is 0 Å². The highest BCUT2D eigenvalue weighted by Gasteiger charge is 2.04. The molecule has 104 valence electrons. The van der Waals surface area contributed by atoms with Gasteiger partial charge in [0.15, 0.2) is 0 Å². The lowest BCUT2D eigenvalue weighted by Crippen LogP contribution is -2.19. The van der Waals surface area contributed by atoms with Crippen molar-refractivity contribution in [3.05, 3.63) is 53.6 Å². The Balaban J connectivity index is 2.03. The van der Waals surface area contributed by atoms with Crippen molar-refractivity contribution in [2.75, 3.05) is 17.7 Å². The van der Waals surface area contributed by atoms with Gasteiger partial charge in [-0.3, -0.25) is 0 Å². The van der Waals surface area contributed by atoms with Gasteiger partial charge in [-0.25, -0.2) is 4.79 Å². The number of ether oxygens (including phenoxy) is 1. The molecule has 2 rings (SSSR count). The largest absolute Gasteiger partial charge is 0.497 e. The van der Waals surface area contributed by atoms with Crippen LogP contribution < -0.4 is 15.4 Å². The molecule has 0 bridgehead atoms. The fraction of sp³-hybridized carbons (Fsp3) is 0.188. The fourth-order valence-corrected chi connectivity index (χ4v) is 1.81. The molecule has 2 N–H and O–H groups in total. The van der Waals surface area contributed by atoms with Gasteiger partial charge in [-0.15, -0.1) is 0 Å². The van der Waals surface area contributed by atoms with Crippen LogP contribution in [0.2, 0.25) is 0 Å². The number of carbonyl (C=O) groups is 1. The van der Waals surface area contributed by atoms with Gasteiger partial charge in [-0.2, -0.15) is 0 Å². The molecule has 20 heavy (non-hydrogen) atoms. The maximum Gasteiger partial charge on any atom is 0.323 e. The Bertz CT molecular complexity index is 624. The summed E-state index contributed by atoms with van der Waals surface area (Å²) in [5, 5.41) is 5.57. The van der Waals surface area contributed by atoms with Gasteiger partial charge in [0.2, 0.25) is 0 Å². The number of hydrogen-bond donors (Lipinski definition) is 2. The van der Waals surface area contributed by atoms with E-state index in [-0.39, 0.29) is 6.03 Å². The first kappa shape index (κ1) is 13.9. The molecule has 0 aliphatic carbocycles. The molecule has 0 spiro atoms. The van der Waals surface area contributed by atoms with Crippen molar-refractivity contribution >= 4 is 17.4 Å². The first-order valence-electron chi connectivity index (χ1n) is 6.38. The summed E-state index contributed by atoms with van der Waals surface area (Å²) in [6.07, 6.45) is 0. The minimum atomic E-state index is -0.276. The lowest BCUT2D eigenvalue weighted by Gasteiger charge is -2.10. The predicted octanol–water partition coefficient (Wildman–Crippen LogP) is 3.96. The molecule has 0 unspecified atom stereocenters. The Labute approximate surface area is 118 Å². The van der Waals surface area contributed by atoms with E-state index in [9.17, 15) is 4.79 Å². The quantitative estimate of drug-likeness (QED) is 0.887. The fourth-order valence-electron chi connectivity index (χ4n) is 1.81. The first-order chi connectivity index (χ1) is 9.58. The summed E-state index contributed by atoms with van der Waals surface area (Å²) in [6, 6.07) is 12.8. The highest BCUT2D eigenvalue weighted by Crippen LogP contribution is 2.18. The number of benzene rings is 2. The maximum absolute atomic E-state index is 11.9. The highest BCUT2D eigenvalue weighted by atomic mass is 16.5. The van der Waals surface area contributed by atoms with Gasteiger partial charge >= 0.3 is 6.03 Å².